The Hall–Kier alpha value is -1.88. The van der Waals surface area contributed by atoms with E-state index in [-0.39, 0.29) is 23.5 Å². The molecule has 31 heavy (non-hydrogen) atoms. The van der Waals surface area contributed by atoms with Crippen molar-refractivity contribution in [2.24, 2.45) is 17.3 Å². The first-order valence-corrected chi connectivity index (χ1v) is 12.1. The van der Waals surface area contributed by atoms with Gasteiger partial charge in [0.2, 0.25) is 0 Å². The zero-order valence-electron chi connectivity index (χ0n) is 19.1. The summed E-state index contributed by atoms with van der Waals surface area (Å²) in [4.78, 5) is 23.9. The Morgan fingerprint density at radius 1 is 1.13 bits per heavy atom. The SMILES string of the molecule is CCCC(=O)Oc1ccc2c(c1)CC[C@@H]1[C@@H]2CC[C@]2(C)[C@@H](O)[C@H](OC(=O)CCC)C[C@@H]12. The van der Waals surface area contributed by atoms with Crippen LogP contribution in [0.2, 0.25) is 0 Å². The Morgan fingerprint density at radius 2 is 1.87 bits per heavy atom. The number of esters is 2. The third-order valence-corrected chi connectivity index (χ3v) is 8.07. The van der Waals surface area contributed by atoms with E-state index >= 15 is 0 Å². The number of hydrogen-bond donors (Lipinski definition) is 1. The molecule has 0 aromatic heterocycles. The molecule has 6 atom stereocenters. The van der Waals surface area contributed by atoms with Gasteiger partial charge in [-0.05, 0) is 86.0 Å². The van der Waals surface area contributed by atoms with Crippen LogP contribution < -0.4 is 4.74 Å². The number of aryl methyl sites for hydroxylation is 1. The normalized spacial score (nSPS) is 33.7. The molecule has 4 rings (SSSR count). The van der Waals surface area contributed by atoms with Crippen LogP contribution >= 0.6 is 0 Å². The number of rotatable bonds is 6. The van der Waals surface area contributed by atoms with Gasteiger partial charge in [-0.25, -0.2) is 0 Å². The molecule has 2 fully saturated rings. The molecule has 0 saturated heterocycles. The molecule has 3 aliphatic rings. The van der Waals surface area contributed by atoms with Gasteiger partial charge in [0.25, 0.3) is 0 Å². The van der Waals surface area contributed by atoms with Crippen LogP contribution in [0.25, 0.3) is 0 Å². The Kier molecular flexibility index (Phi) is 6.43. The van der Waals surface area contributed by atoms with E-state index in [1.54, 1.807) is 0 Å². The van der Waals surface area contributed by atoms with Gasteiger partial charge in [0.15, 0.2) is 0 Å². The Balaban J connectivity index is 1.51. The van der Waals surface area contributed by atoms with Crippen LogP contribution in [0.4, 0.5) is 0 Å². The van der Waals surface area contributed by atoms with Gasteiger partial charge in [-0.1, -0.05) is 26.8 Å². The Labute approximate surface area is 185 Å². The number of carbonyl (C=O) groups is 2. The lowest BCUT2D eigenvalue weighted by atomic mass is 9.55. The summed E-state index contributed by atoms with van der Waals surface area (Å²) in [5, 5.41) is 11.1. The maximum atomic E-state index is 12.1. The summed E-state index contributed by atoms with van der Waals surface area (Å²) in [6.45, 7) is 6.13. The Morgan fingerprint density at radius 3 is 2.61 bits per heavy atom. The number of hydrogen-bond acceptors (Lipinski definition) is 5. The minimum Gasteiger partial charge on any atom is -0.460 e. The molecule has 2 saturated carbocycles. The second-order valence-electron chi connectivity index (χ2n) is 10.0. The Bertz CT molecular complexity index is 833. The molecule has 0 aliphatic heterocycles. The van der Waals surface area contributed by atoms with Gasteiger partial charge in [0.1, 0.15) is 11.9 Å². The molecule has 170 valence electrons. The summed E-state index contributed by atoms with van der Waals surface area (Å²) in [5.74, 6) is 1.59. The molecule has 0 radical (unpaired) electrons. The summed E-state index contributed by atoms with van der Waals surface area (Å²) in [6.07, 6.45) is 6.19. The van der Waals surface area contributed by atoms with Crippen molar-refractivity contribution in [2.75, 3.05) is 0 Å². The number of aliphatic hydroxyl groups is 1. The van der Waals surface area contributed by atoms with Crippen molar-refractivity contribution in [3.05, 3.63) is 29.3 Å². The van der Waals surface area contributed by atoms with Crippen LogP contribution in [0.3, 0.4) is 0 Å². The first-order chi connectivity index (χ1) is 14.9. The molecule has 0 spiro atoms. The summed E-state index contributed by atoms with van der Waals surface area (Å²) < 4.78 is 11.2. The minimum absolute atomic E-state index is 0.173. The van der Waals surface area contributed by atoms with Crippen LogP contribution in [-0.2, 0) is 20.7 Å². The summed E-state index contributed by atoms with van der Waals surface area (Å²) in [6, 6.07) is 6.13. The first-order valence-electron chi connectivity index (χ1n) is 12.1. The van der Waals surface area contributed by atoms with Crippen molar-refractivity contribution in [3.63, 3.8) is 0 Å². The molecule has 1 N–H and O–H groups in total. The zero-order chi connectivity index (χ0) is 22.2. The van der Waals surface area contributed by atoms with Crippen LogP contribution in [0.1, 0.15) is 89.2 Å². The monoisotopic (exact) mass is 428 g/mol. The van der Waals surface area contributed by atoms with Crippen molar-refractivity contribution < 1.29 is 24.2 Å². The number of carbonyl (C=O) groups excluding carboxylic acids is 2. The number of aliphatic hydroxyl groups excluding tert-OH is 1. The fourth-order valence-electron chi connectivity index (χ4n) is 6.52. The molecule has 0 unspecified atom stereocenters. The van der Waals surface area contributed by atoms with Crippen LogP contribution in [-0.4, -0.2) is 29.3 Å². The van der Waals surface area contributed by atoms with E-state index in [9.17, 15) is 14.7 Å². The third kappa shape index (κ3) is 4.13. The van der Waals surface area contributed by atoms with E-state index in [2.05, 4.69) is 13.0 Å². The third-order valence-electron chi connectivity index (χ3n) is 8.07. The van der Waals surface area contributed by atoms with E-state index < -0.39 is 6.10 Å². The molecule has 1 aromatic rings. The lowest BCUT2D eigenvalue weighted by Gasteiger charge is -2.49. The fourth-order valence-corrected chi connectivity index (χ4v) is 6.52. The lowest BCUT2D eigenvalue weighted by Crippen LogP contribution is -2.45. The van der Waals surface area contributed by atoms with E-state index in [0.717, 1.165) is 44.9 Å². The summed E-state index contributed by atoms with van der Waals surface area (Å²) in [5.41, 5.74) is 2.47. The van der Waals surface area contributed by atoms with Gasteiger partial charge in [-0.15, -0.1) is 0 Å². The van der Waals surface area contributed by atoms with Crippen LogP contribution in [0.15, 0.2) is 18.2 Å². The predicted octanol–water partition coefficient (Wildman–Crippen LogP) is 4.93. The van der Waals surface area contributed by atoms with Gasteiger partial charge >= 0.3 is 11.9 Å². The molecule has 5 nitrogen and oxygen atoms in total. The molecular weight excluding hydrogens is 392 g/mol. The van der Waals surface area contributed by atoms with Crippen molar-refractivity contribution in [3.8, 4) is 5.75 Å². The highest BCUT2D eigenvalue weighted by Crippen LogP contribution is 2.61. The smallest absolute Gasteiger partial charge is 0.311 e. The number of fused-ring (bicyclic) bond motifs is 5. The largest absolute Gasteiger partial charge is 0.460 e. The van der Waals surface area contributed by atoms with Crippen molar-refractivity contribution in [1.82, 2.24) is 0 Å². The van der Waals surface area contributed by atoms with Crippen molar-refractivity contribution >= 4 is 11.9 Å². The lowest BCUT2D eigenvalue weighted by molar-refractivity contribution is -0.155. The number of benzene rings is 1. The zero-order valence-corrected chi connectivity index (χ0v) is 19.1. The first kappa shape index (κ1) is 22.3. The van der Waals surface area contributed by atoms with Crippen LogP contribution in [0.5, 0.6) is 5.75 Å². The quantitative estimate of drug-likeness (QED) is 0.514. The van der Waals surface area contributed by atoms with Crippen molar-refractivity contribution in [2.45, 2.75) is 96.7 Å². The molecule has 0 amide bonds. The van der Waals surface area contributed by atoms with E-state index in [4.69, 9.17) is 9.47 Å². The highest BCUT2D eigenvalue weighted by atomic mass is 16.6. The molecule has 1 aromatic carbocycles. The van der Waals surface area contributed by atoms with E-state index in [1.165, 1.54) is 11.1 Å². The highest BCUT2D eigenvalue weighted by Gasteiger charge is 2.59. The summed E-state index contributed by atoms with van der Waals surface area (Å²) >= 11 is 0. The summed E-state index contributed by atoms with van der Waals surface area (Å²) in [7, 11) is 0. The minimum atomic E-state index is -0.582. The molecule has 5 heteroatoms. The molecule has 3 aliphatic carbocycles. The fraction of sp³-hybridized carbons (Fsp3) is 0.692. The van der Waals surface area contributed by atoms with Gasteiger partial charge in [0, 0.05) is 18.3 Å². The number of ether oxygens (including phenoxy) is 2. The van der Waals surface area contributed by atoms with Crippen LogP contribution in [0, 0.1) is 17.3 Å². The van der Waals surface area contributed by atoms with E-state index in [1.807, 2.05) is 26.0 Å². The average molecular weight is 429 g/mol. The topological polar surface area (TPSA) is 72.8 Å². The second kappa shape index (κ2) is 8.93. The average Bonchev–Trinajstić information content (AvgIpc) is 2.98. The maximum Gasteiger partial charge on any atom is 0.311 e. The molecule has 0 heterocycles. The van der Waals surface area contributed by atoms with Crippen molar-refractivity contribution in [1.29, 1.82) is 0 Å². The second-order valence-corrected chi connectivity index (χ2v) is 10.0. The highest BCUT2D eigenvalue weighted by molar-refractivity contribution is 5.72. The maximum absolute atomic E-state index is 12.1. The van der Waals surface area contributed by atoms with Gasteiger partial charge in [-0.2, -0.15) is 0 Å². The standard InChI is InChI=1S/C26H36O5/c1-4-6-23(27)30-17-9-11-18-16(14-17)8-10-20-19(18)12-13-26(3)21(20)15-22(25(26)29)31-24(28)7-5-2/h9,11,14,19-22,25,29H,4-8,10,12-13,15H2,1-3H3/t19-,20-,21+,22-,25+,26+/m1/s1. The predicted molar refractivity (Wildman–Crippen MR) is 118 cm³/mol. The van der Waals surface area contributed by atoms with E-state index in [0.29, 0.717) is 36.3 Å². The molecular formula is C26H36O5. The van der Waals surface area contributed by atoms with Gasteiger partial charge in [-0.3, -0.25) is 9.59 Å². The van der Waals surface area contributed by atoms with Gasteiger partial charge < -0.3 is 14.6 Å². The van der Waals surface area contributed by atoms with Gasteiger partial charge in [0.05, 0.1) is 6.10 Å². The molecule has 0 bridgehead atoms.